The number of Topliss-reactive ketones (excluding diaryl/α,β-unsaturated/α-hetero) is 1. The van der Waals surface area contributed by atoms with Gasteiger partial charge in [0.2, 0.25) is 0 Å². The summed E-state index contributed by atoms with van der Waals surface area (Å²) in [6.45, 7) is 0.692. The third-order valence-electron chi connectivity index (χ3n) is 2.22. The molecule has 0 fully saturated rings. The van der Waals surface area contributed by atoms with Crippen molar-refractivity contribution >= 4 is 23.5 Å². The number of aliphatic carboxylic acids is 1. The number of benzene rings is 1. The Morgan fingerprint density at radius 1 is 1.33 bits per heavy atom. The van der Waals surface area contributed by atoms with Crippen molar-refractivity contribution in [2.24, 2.45) is 0 Å². The van der Waals surface area contributed by atoms with Crippen molar-refractivity contribution in [3.63, 3.8) is 0 Å². The zero-order valence-corrected chi connectivity index (χ0v) is 7.86. The third-order valence-corrected chi connectivity index (χ3v) is 2.22. The van der Waals surface area contributed by atoms with E-state index in [1.54, 1.807) is 12.1 Å². The molecule has 15 heavy (non-hydrogen) atoms. The largest absolute Gasteiger partial charge is 0.475 e. The predicted octanol–water partition coefficient (Wildman–Crippen LogP) is 1.39. The topological polar surface area (TPSA) is 66.4 Å². The molecule has 1 aliphatic rings. The highest BCUT2D eigenvalue weighted by Gasteiger charge is 2.16. The molecule has 2 rings (SSSR count). The summed E-state index contributed by atoms with van der Waals surface area (Å²) < 4.78 is 0. The Balaban J connectivity index is 2.41. The summed E-state index contributed by atoms with van der Waals surface area (Å²) in [6.07, 6.45) is 3.89. The van der Waals surface area contributed by atoms with Crippen molar-refractivity contribution in [2.45, 2.75) is 0 Å². The molecule has 0 saturated heterocycles. The van der Waals surface area contributed by atoms with Crippen LogP contribution in [-0.2, 0) is 4.79 Å². The van der Waals surface area contributed by atoms with Crippen LogP contribution in [0.3, 0.4) is 0 Å². The van der Waals surface area contributed by atoms with Crippen LogP contribution in [0.15, 0.2) is 24.3 Å². The Hall–Kier alpha value is -2.10. The van der Waals surface area contributed by atoms with Crippen LogP contribution >= 0.6 is 0 Å². The molecule has 1 heterocycles. The van der Waals surface area contributed by atoms with E-state index in [1.165, 1.54) is 6.07 Å². The molecule has 0 amide bonds. The number of hydrogen-bond acceptors (Lipinski definition) is 3. The van der Waals surface area contributed by atoms with Gasteiger partial charge in [0.25, 0.3) is 5.78 Å². The Bertz CT molecular complexity index is 463. The second kappa shape index (κ2) is 3.57. The van der Waals surface area contributed by atoms with Crippen molar-refractivity contribution < 1.29 is 14.7 Å². The van der Waals surface area contributed by atoms with Crippen LogP contribution in [0.25, 0.3) is 6.08 Å². The lowest BCUT2D eigenvalue weighted by molar-refractivity contribution is -0.131. The molecule has 4 nitrogen and oxygen atoms in total. The maximum absolute atomic E-state index is 11.2. The summed E-state index contributed by atoms with van der Waals surface area (Å²) >= 11 is 0. The van der Waals surface area contributed by atoms with Gasteiger partial charge >= 0.3 is 5.97 Å². The van der Waals surface area contributed by atoms with Crippen LogP contribution in [0, 0.1) is 0 Å². The molecule has 0 atom stereocenters. The second-order valence-corrected chi connectivity index (χ2v) is 3.22. The fourth-order valence-electron chi connectivity index (χ4n) is 1.47. The van der Waals surface area contributed by atoms with Gasteiger partial charge in [-0.15, -0.1) is 0 Å². The molecular weight excluding hydrogens is 194 g/mol. The van der Waals surface area contributed by atoms with Gasteiger partial charge in [0.1, 0.15) is 0 Å². The molecule has 0 aliphatic carbocycles. The highest BCUT2D eigenvalue weighted by molar-refractivity contribution is 6.40. The van der Waals surface area contributed by atoms with Crippen molar-refractivity contribution in [1.82, 2.24) is 0 Å². The molecule has 1 aromatic rings. The van der Waals surface area contributed by atoms with E-state index < -0.39 is 11.8 Å². The van der Waals surface area contributed by atoms with Crippen molar-refractivity contribution in [3.05, 3.63) is 35.4 Å². The minimum absolute atomic E-state index is 0.198. The summed E-state index contributed by atoms with van der Waals surface area (Å²) in [6, 6.07) is 4.82. The normalized spacial score (nSPS) is 12.8. The molecule has 76 valence electrons. The van der Waals surface area contributed by atoms with Crippen LogP contribution in [0.4, 0.5) is 5.69 Å². The van der Waals surface area contributed by atoms with Gasteiger partial charge in [-0.3, -0.25) is 4.79 Å². The molecule has 0 bridgehead atoms. The highest BCUT2D eigenvalue weighted by atomic mass is 16.4. The number of ketones is 1. The summed E-state index contributed by atoms with van der Waals surface area (Å²) in [5.74, 6) is -2.31. The summed E-state index contributed by atoms with van der Waals surface area (Å²) in [5.41, 5.74) is 1.96. The van der Waals surface area contributed by atoms with Gasteiger partial charge in [0, 0.05) is 17.8 Å². The molecule has 2 N–H and O–H groups in total. The van der Waals surface area contributed by atoms with Gasteiger partial charge < -0.3 is 10.4 Å². The first-order valence-corrected chi connectivity index (χ1v) is 4.50. The molecule has 1 aromatic carbocycles. The summed E-state index contributed by atoms with van der Waals surface area (Å²) in [5, 5.41) is 11.6. The van der Waals surface area contributed by atoms with E-state index in [4.69, 9.17) is 5.11 Å². The molecule has 0 spiro atoms. The fraction of sp³-hybridized carbons (Fsp3) is 0.0909. The first kappa shape index (κ1) is 9.45. The number of carboxylic acid groups (broad SMARTS) is 1. The smallest absolute Gasteiger partial charge is 0.377 e. The number of hydrogen-bond donors (Lipinski definition) is 2. The van der Waals surface area contributed by atoms with Crippen molar-refractivity contribution in [1.29, 1.82) is 0 Å². The maximum Gasteiger partial charge on any atom is 0.377 e. The van der Waals surface area contributed by atoms with E-state index in [1.807, 2.05) is 12.2 Å². The molecule has 1 aliphatic heterocycles. The average Bonchev–Trinajstić information content (AvgIpc) is 2.27. The minimum Gasteiger partial charge on any atom is -0.475 e. The zero-order valence-electron chi connectivity index (χ0n) is 7.86. The van der Waals surface area contributed by atoms with Crippen LogP contribution in [0.2, 0.25) is 0 Å². The van der Waals surface area contributed by atoms with Gasteiger partial charge in [-0.2, -0.15) is 0 Å². The monoisotopic (exact) mass is 203 g/mol. The Kier molecular flexibility index (Phi) is 2.25. The van der Waals surface area contributed by atoms with Crippen LogP contribution < -0.4 is 5.32 Å². The van der Waals surface area contributed by atoms with E-state index in [2.05, 4.69) is 5.32 Å². The quantitative estimate of drug-likeness (QED) is 0.563. The van der Waals surface area contributed by atoms with Gasteiger partial charge in [-0.1, -0.05) is 24.3 Å². The lowest BCUT2D eigenvalue weighted by atomic mass is 10.0. The highest BCUT2D eigenvalue weighted by Crippen LogP contribution is 2.22. The number of nitrogens with one attached hydrogen (secondary N) is 1. The lowest BCUT2D eigenvalue weighted by Gasteiger charge is -2.13. The Morgan fingerprint density at radius 3 is 2.87 bits per heavy atom. The van der Waals surface area contributed by atoms with E-state index in [-0.39, 0.29) is 5.56 Å². The molecule has 0 radical (unpaired) electrons. The minimum atomic E-state index is -1.43. The number of carbonyl (C=O) groups is 2. The van der Waals surface area contributed by atoms with Gasteiger partial charge in [-0.05, 0) is 11.6 Å². The maximum atomic E-state index is 11.2. The van der Waals surface area contributed by atoms with E-state index in [0.717, 1.165) is 11.3 Å². The number of anilines is 1. The molecular formula is C11H9NO3. The van der Waals surface area contributed by atoms with Crippen molar-refractivity contribution in [2.75, 3.05) is 11.9 Å². The Labute approximate surface area is 86.2 Å². The fourth-order valence-corrected chi connectivity index (χ4v) is 1.47. The van der Waals surface area contributed by atoms with E-state index >= 15 is 0 Å². The SMILES string of the molecule is O=C(O)C(=O)c1ccc2c(c1)NCC=C2. The van der Waals surface area contributed by atoms with Crippen LogP contribution in [0.5, 0.6) is 0 Å². The summed E-state index contributed by atoms with van der Waals surface area (Å²) in [4.78, 5) is 21.7. The predicted molar refractivity (Wildman–Crippen MR) is 55.9 cm³/mol. The van der Waals surface area contributed by atoms with Crippen molar-refractivity contribution in [3.8, 4) is 0 Å². The van der Waals surface area contributed by atoms with Gasteiger partial charge in [0.05, 0.1) is 0 Å². The molecule has 4 heteroatoms. The lowest BCUT2D eigenvalue weighted by Crippen LogP contribution is -2.14. The average molecular weight is 203 g/mol. The zero-order chi connectivity index (χ0) is 10.8. The molecule has 0 aromatic heterocycles. The first-order valence-electron chi connectivity index (χ1n) is 4.50. The number of rotatable bonds is 2. The number of fused-ring (bicyclic) bond motifs is 1. The van der Waals surface area contributed by atoms with Crippen LogP contribution in [-0.4, -0.2) is 23.4 Å². The van der Waals surface area contributed by atoms with E-state index in [0.29, 0.717) is 6.54 Å². The van der Waals surface area contributed by atoms with Crippen LogP contribution in [0.1, 0.15) is 15.9 Å². The number of carbonyl (C=O) groups excluding carboxylic acids is 1. The van der Waals surface area contributed by atoms with E-state index in [9.17, 15) is 9.59 Å². The third kappa shape index (κ3) is 1.74. The Morgan fingerprint density at radius 2 is 2.13 bits per heavy atom. The number of carboxylic acids is 1. The summed E-state index contributed by atoms with van der Waals surface area (Å²) in [7, 11) is 0. The van der Waals surface area contributed by atoms with Gasteiger partial charge in [-0.25, -0.2) is 4.79 Å². The standard InChI is InChI=1S/C11H9NO3/c13-10(11(14)15)8-4-3-7-2-1-5-12-9(7)6-8/h1-4,6,12H,5H2,(H,14,15). The van der Waals surface area contributed by atoms with Gasteiger partial charge in [0.15, 0.2) is 0 Å². The molecule has 0 unspecified atom stereocenters. The molecule has 0 saturated carbocycles. The second-order valence-electron chi connectivity index (χ2n) is 3.22. The first-order chi connectivity index (χ1) is 7.18.